The molecular formula is C4H5BrClNS. The molecule has 0 spiro atoms. The summed E-state index contributed by atoms with van der Waals surface area (Å²) in [5.74, 6) is 0. The molecule has 0 radical (unpaired) electrons. The smallest absolute Gasteiger partial charge is 0.100 e. The second kappa shape index (κ2) is 3.33. The molecule has 0 bridgehead atoms. The first-order valence-electron chi connectivity index (χ1n) is 1.79. The number of anilines is 1. The third-order valence-electron chi connectivity index (χ3n) is 0.645. The molecule has 0 aliphatic carbocycles. The van der Waals surface area contributed by atoms with Crippen molar-refractivity contribution >= 4 is 44.7 Å². The van der Waals surface area contributed by atoms with Crippen molar-refractivity contribution in [3.63, 3.8) is 0 Å². The standard InChI is InChI=1S/C4H4BrNS.ClH/c5-3-1-2-7-4(3)6;/h1-2H,6H2;1H. The first kappa shape index (κ1) is 8.27. The molecule has 2 N–H and O–H groups in total. The maximum atomic E-state index is 5.41. The molecule has 0 aliphatic rings. The highest BCUT2D eigenvalue weighted by molar-refractivity contribution is 9.10. The molecule has 0 unspecified atom stereocenters. The van der Waals surface area contributed by atoms with Gasteiger partial charge in [-0.15, -0.1) is 23.7 Å². The molecule has 1 nitrogen and oxygen atoms in total. The van der Waals surface area contributed by atoms with Crippen LogP contribution in [0.2, 0.25) is 0 Å². The summed E-state index contributed by atoms with van der Waals surface area (Å²) >= 11 is 4.79. The van der Waals surface area contributed by atoms with Crippen molar-refractivity contribution in [2.45, 2.75) is 0 Å². The van der Waals surface area contributed by atoms with Crippen LogP contribution in [0.15, 0.2) is 15.9 Å². The normalized spacial score (nSPS) is 8.12. The number of nitrogen functional groups attached to an aromatic ring is 1. The predicted molar refractivity (Wildman–Crippen MR) is 43.7 cm³/mol. The minimum Gasteiger partial charge on any atom is -0.390 e. The summed E-state index contributed by atoms with van der Waals surface area (Å²) in [5, 5.41) is 2.79. The molecule has 0 atom stereocenters. The highest BCUT2D eigenvalue weighted by atomic mass is 79.9. The van der Waals surface area contributed by atoms with Gasteiger partial charge in [-0.2, -0.15) is 0 Å². The van der Waals surface area contributed by atoms with Crippen molar-refractivity contribution in [1.29, 1.82) is 0 Å². The summed E-state index contributed by atoms with van der Waals surface area (Å²) in [6.45, 7) is 0. The van der Waals surface area contributed by atoms with E-state index < -0.39 is 0 Å². The third kappa shape index (κ3) is 1.65. The molecule has 46 valence electrons. The predicted octanol–water partition coefficient (Wildman–Crippen LogP) is 2.51. The molecule has 0 saturated heterocycles. The highest BCUT2D eigenvalue weighted by Gasteiger charge is 1.90. The van der Waals surface area contributed by atoms with Gasteiger partial charge >= 0.3 is 0 Å². The Labute approximate surface area is 66.4 Å². The summed E-state index contributed by atoms with van der Waals surface area (Å²) in [4.78, 5) is 0. The van der Waals surface area contributed by atoms with E-state index >= 15 is 0 Å². The van der Waals surface area contributed by atoms with Gasteiger partial charge in [-0.3, -0.25) is 0 Å². The van der Waals surface area contributed by atoms with E-state index in [4.69, 9.17) is 5.73 Å². The van der Waals surface area contributed by atoms with E-state index in [9.17, 15) is 0 Å². The summed E-state index contributed by atoms with van der Waals surface area (Å²) in [6.07, 6.45) is 0. The fourth-order valence-corrected chi connectivity index (χ4v) is 1.42. The van der Waals surface area contributed by atoms with Crippen LogP contribution in [-0.2, 0) is 0 Å². The lowest BCUT2D eigenvalue weighted by Gasteiger charge is -1.78. The molecule has 0 fully saturated rings. The fraction of sp³-hybridized carbons (Fsp3) is 0. The Balaban J connectivity index is 0.000000490. The van der Waals surface area contributed by atoms with Gasteiger partial charge in [0.15, 0.2) is 0 Å². The number of rotatable bonds is 0. The number of hydrogen-bond donors (Lipinski definition) is 1. The zero-order chi connectivity index (χ0) is 5.28. The van der Waals surface area contributed by atoms with Gasteiger partial charge in [0.2, 0.25) is 0 Å². The Hall–Kier alpha value is 0.270. The summed E-state index contributed by atoms with van der Waals surface area (Å²) in [7, 11) is 0. The summed E-state index contributed by atoms with van der Waals surface area (Å²) in [6, 6.07) is 1.93. The largest absolute Gasteiger partial charge is 0.390 e. The molecular weight excluding hydrogens is 209 g/mol. The van der Waals surface area contributed by atoms with E-state index in [1.165, 1.54) is 11.3 Å². The van der Waals surface area contributed by atoms with E-state index in [0.29, 0.717) is 0 Å². The lowest BCUT2D eigenvalue weighted by atomic mass is 10.6. The zero-order valence-corrected chi connectivity index (χ0v) is 7.15. The molecule has 0 aliphatic heterocycles. The van der Waals surface area contributed by atoms with E-state index in [1.54, 1.807) is 0 Å². The van der Waals surface area contributed by atoms with Crippen molar-refractivity contribution in [2.75, 3.05) is 5.73 Å². The Kier molecular flexibility index (Phi) is 3.44. The molecule has 1 aromatic rings. The molecule has 0 aromatic carbocycles. The summed E-state index contributed by atoms with van der Waals surface area (Å²) in [5.41, 5.74) is 5.41. The lowest BCUT2D eigenvalue weighted by molar-refractivity contribution is 1.85. The van der Waals surface area contributed by atoms with Crippen LogP contribution in [0.3, 0.4) is 0 Å². The van der Waals surface area contributed by atoms with Crippen LogP contribution < -0.4 is 5.73 Å². The van der Waals surface area contributed by atoms with Gasteiger partial charge in [0.05, 0.1) is 4.47 Å². The van der Waals surface area contributed by atoms with Gasteiger partial charge in [-0.25, -0.2) is 0 Å². The van der Waals surface area contributed by atoms with Crippen LogP contribution in [-0.4, -0.2) is 0 Å². The molecule has 0 saturated carbocycles. The number of thiophene rings is 1. The first-order valence-corrected chi connectivity index (χ1v) is 3.46. The fourth-order valence-electron chi connectivity index (χ4n) is 0.305. The molecule has 0 amide bonds. The Morgan fingerprint density at radius 1 is 1.62 bits per heavy atom. The van der Waals surface area contributed by atoms with E-state index in [-0.39, 0.29) is 12.4 Å². The van der Waals surface area contributed by atoms with Gasteiger partial charge in [-0.05, 0) is 27.4 Å². The molecule has 4 heteroatoms. The van der Waals surface area contributed by atoms with Crippen molar-refractivity contribution in [2.24, 2.45) is 0 Å². The molecule has 1 rings (SSSR count). The topological polar surface area (TPSA) is 26.0 Å². The van der Waals surface area contributed by atoms with Gasteiger partial charge in [0.25, 0.3) is 0 Å². The Morgan fingerprint density at radius 3 is 2.38 bits per heavy atom. The minimum atomic E-state index is 0. The quantitative estimate of drug-likeness (QED) is 0.706. The minimum absolute atomic E-state index is 0. The van der Waals surface area contributed by atoms with Crippen LogP contribution in [0.4, 0.5) is 5.00 Å². The van der Waals surface area contributed by atoms with Gasteiger partial charge in [0.1, 0.15) is 5.00 Å². The molecule has 1 aromatic heterocycles. The SMILES string of the molecule is Cl.Nc1sccc1Br. The average Bonchev–Trinajstić information content (AvgIpc) is 1.91. The third-order valence-corrected chi connectivity index (χ3v) is 2.34. The first-order chi connectivity index (χ1) is 3.30. The number of hydrogen-bond acceptors (Lipinski definition) is 2. The van der Waals surface area contributed by atoms with Gasteiger partial charge in [0, 0.05) is 0 Å². The summed E-state index contributed by atoms with van der Waals surface area (Å²) < 4.78 is 0.998. The maximum Gasteiger partial charge on any atom is 0.100 e. The van der Waals surface area contributed by atoms with E-state index in [1.807, 2.05) is 11.4 Å². The molecule has 1 heterocycles. The highest BCUT2D eigenvalue weighted by Crippen LogP contribution is 2.23. The van der Waals surface area contributed by atoms with Gasteiger partial charge < -0.3 is 5.73 Å². The number of halogens is 2. The van der Waals surface area contributed by atoms with Crippen molar-refractivity contribution in [3.05, 3.63) is 15.9 Å². The van der Waals surface area contributed by atoms with Gasteiger partial charge in [-0.1, -0.05) is 0 Å². The van der Waals surface area contributed by atoms with Crippen molar-refractivity contribution < 1.29 is 0 Å². The van der Waals surface area contributed by atoms with Crippen LogP contribution >= 0.6 is 39.7 Å². The Morgan fingerprint density at radius 2 is 2.25 bits per heavy atom. The van der Waals surface area contributed by atoms with Crippen LogP contribution in [0.5, 0.6) is 0 Å². The monoisotopic (exact) mass is 213 g/mol. The van der Waals surface area contributed by atoms with Crippen LogP contribution in [0, 0.1) is 0 Å². The second-order valence-electron chi connectivity index (χ2n) is 1.13. The second-order valence-corrected chi connectivity index (χ2v) is 2.93. The number of nitrogens with two attached hydrogens (primary N) is 1. The maximum absolute atomic E-state index is 5.41. The Bertz CT molecular complexity index is 148. The molecule has 8 heavy (non-hydrogen) atoms. The van der Waals surface area contributed by atoms with Crippen LogP contribution in [0.25, 0.3) is 0 Å². The van der Waals surface area contributed by atoms with Crippen molar-refractivity contribution in [1.82, 2.24) is 0 Å². The van der Waals surface area contributed by atoms with E-state index in [2.05, 4.69) is 15.9 Å². The van der Waals surface area contributed by atoms with Crippen LogP contribution in [0.1, 0.15) is 0 Å². The van der Waals surface area contributed by atoms with E-state index in [0.717, 1.165) is 9.47 Å². The average molecular weight is 215 g/mol. The van der Waals surface area contributed by atoms with Crippen molar-refractivity contribution in [3.8, 4) is 0 Å². The zero-order valence-electron chi connectivity index (χ0n) is 3.93. The lowest BCUT2D eigenvalue weighted by Crippen LogP contribution is -1.75.